The third kappa shape index (κ3) is 1.23. The van der Waals surface area contributed by atoms with E-state index >= 15 is 0 Å². The van der Waals surface area contributed by atoms with Crippen LogP contribution in [0.5, 0.6) is 0 Å². The lowest BCUT2D eigenvalue weighted by Gasteiger charge is -2.23. The second kappa shape index (κ2) is 2.24. The van der Waals surface area contributed by atoms with Crippen molar-refractivity contribution in [1.29, 1.82) is 0 Å². The first-order chi connectivity index (χ1) is 4.17. The zero-order valence-corrected chi connectivity index (χ0v) is 5.82. The Hall–Kier alpha value is -0.130. The molecule has 0 spiro atoms. The van der Waals surface area contributed by atoms with Crippen molar-refractivity contribution in [2.24, 2.45) is 5.84 Å². The Balaban J connectivity index is 2.59. The van der Waals surface area contributed by atoms with Gasteiger partial charge in [0.2, 0.25) is 10.0 Å². The fourth-order valence-corrected chi connectivity index (χ4v) is 1.92. The first-order valence-corrected chi connectivity index (χ1v) is 4.42. The first-order valence-electron chi connectivity index (χ1n) is 2.88. The molecule has 54 valence electrons. The van der Waals surface area contributed by atoms with E-state index in [1.165, 1.54) is 0 Å². The summed E-state index contributed by atoms with van der Waals surface area (Å²) >= 11 is 0. The minimum Gasteiger partial charge on any atom is -0.258 e. The van der Waals surface area contributed by atoms with E-state index in [9.17, 15) is 8.42 Å². The van der Waals surface area contributed by atoms with Crippen molar-refractivity contribution in [2.75, 3.05) is 0 Å². The van der Waals surface area contributed by atoms with Crippen LogP contribution in [0.2, 0.25) is 0 Å². The summed E-state index contributed by atoms with van der Waals surface area (Å²) in [4.78, 5) is 1.82. The van der Waals surface area contributed by atoms with E-state index in [0.717, 1.165) is 19.3 Å². The van der Waals surface area contributed by atoms with Gasteiger partial charge in [0.15, 0.2) is 0 Å². The molecule has 1 rings (SSSR count). The highest BCUT2D eigenvalue weighted by Crippen LogP contribution is 2.24. The van der Waals surface area contributed by atoms with Crippen LogP contribution in [-0.4, -0.2) is 13.7 Å². The van der Waals surface area contributed by atoms with Crippen molar-refractivity contribution < 1.29 is 8.42 Å². The van der Waals surface area contributed by atoms with Crippen LogP contribution in [-0.2, 0) is 10.0 Å². The van der Waals surface area contributed by atoms with Crippen molar-refractivity contribution >= 4 is 10.0 Å². The maximum atomic E-state index is 10.7. The van der Waals surface area contributed by atoms with Crippen LogP contribution in [0.3, 0.4) is 0 Å². The van der Waals surface area contributed by atoms with Crippen molar-refractivity contribution in [3.63, 3.8) is 0 Å². The summed E-state index contributed by atoms with van der Waals surface area (Å²) in [6.45, 7) is 0. The van der Waals surface area contributed by atoms with E-state index in [-0.39, 0.29) is 5.25 Å². The van der Waals surface area contributed by atoms with Gasteiger partial charge in [-0.2, -0.15) is 4.83 Å². The standard InChI is InChI=1S/C4H10N2O2S/c5-6-9(7,8)4-2-1-3-4/h4,6H,1-3,5H2. The Kier molecular flexibility index (Phi) is 1.74. The molecule has 0 amide bonds. The third-order valence-electron chi connectivity index (χ3n) is 1.66. The number of sulfonamides is 1. The van der Waals surface area contributed by atoms with Gasteiger partial charge in [0.05, 0.1) is 5.25 Å². The molecule has 0 aromatic carbocycles. The van der Waals surface area contributed by atoms with Crippen LogP contribution in [0.4, 0.5) is 0 Å². The summed E-state index contributed by atoms with van der Waals surface area (Å²) in [5.74, 6) is 4.78. The SMILES string of the molecule is NNS(=O)(=O)C1CCC1. The molecule has 0 radical (unpaired) electrons. The molecule has 1 saturated carbocycles. The van der Waals surface area contributed by atoms with Gasteiger partial charge in [-0.1, -0.05) is 6.42 Å². The van der Waals surface area contributed by atoms with E-state index in [1.54, 1.807) is 0 Å². The van der Waals surface area contributed by atoms with Gasteiger partial charge >= 0.3 is 0 Å². The number of hydrogen-bond acceptors (Lipinski definition) is 3. The molecule has 5 heteroatoms. The Morgan fingerprint density at radius 1 is 1.44 bits per heavy atom. The third-order valence-corrected chi connectivity index (χ3v) is 3.33. The maximum Gasteiger partial charge on any atom is 0.226 e. The van der Waals surface area contributed by atoms with Gasteiger partial charge in [0.1, 0.15) is 0 Å². The van der Waals surface area contributed by atoms with Crippen LogP contribution in [0.15, 0.2) is 0 Å². The molecular formula is C4H10N2O2S. The topological polar surface area (TPSA) is 72.2 Å². The number of hydrogen-bond donors (Lipinski definition) is 2. The minimum atomic E-state index is -3.13. The summed E-state index contributed by atoms with van der Waals surface area (Å²) in [6.07, 6.45) is 2.52. The molecule has 0 heterocycles. The molecule has 0 aromatic heterocycles. The monoisotopic (exact) mass is 150 g/mol. The molecule has 1 aliphatic rings. The molecule has 0 aromatic rings. The average Bonchev–Trinajstić information content (AvgIpc) is 1.60. The second-order valence-electron chi connectivity index (χ2n) is 2.22. The van der Waals surface area contributed by atoms with E-state index in [2.05, 4.69) is 0 Å². The van der Waals surface area contributed by atoms with Gasteiger partial charge in [0.25, 0.3) is 0 Å². The lowest BCUT2D eigenvalue weighted by Crippen LogP contribution is -2.41. The van der Waals surface area contributed by atoms with E-state index < -0.39 is 10.0 Å². The van der Waals surface area contributed by atoms with Crippen molar-refractivity contribution in [1.82, 2.24) is 4.83 Å². The molecule has 0 atom stereocenters. The molecule has 3 N–H and O–H groups in total. The molecule has 0 saturated heterocycles. The maximum absolute atomic E-state index is 10.7. The predicted molar refractivity (Wildman–Crippen MR) is 33.9 cm³/mol. The Labute approximate surface area is 54.4 Å². The fourth-order valence-electron chi connectivity index (χ4n) is 0.777. The fraction of sp³-hybridized carbons (Fsp3) is 1.00. The lowest BCUT2D eigenvalue weighted by atomic mass is 10.0. The second-order valence-corrected chi connectivity index (χ2v) is 4.21. The van der Waals surface area contributed by atoms with Crippen LogP contribution >= 0.6 is 0 Å². The Morgan fingerprint density at radius 2 is 2.00 bits per heavy atom. The zero-order valence-electron chi connectivity index (χ0n) is 5.00. The van der Waals surface area contributed by atoms with E-state index in [0.29, 0.717) is 0 Å². The van der Waals surface area contributed by atoms with Gasteiger partial charge in [-0.25, -0.2) is 8.42 Å². The first kappa shape index (κ1) is 6.98. The summed E-state index contributed by atoms with van der Waals surface area (Å²) in [7, 11) is -3.13. The molecule has 0 aliphatic heterocycles. The molecule has 9 heavy (non-hydrogen) atoms. The molecule has 1 aliphatic carbocycles. The van der Waals surface area contributed by atoms with E-state index in [1.807, 2.05) is 4.83 Å². The van der Waals surface area contributed by atoms with Crippen molar-refractivity contribution in [3.05, 3.63) is 0 Å². The zero-order chi connectivity index (χ0) is 6.91. The highest BCUT2D eigenvalue weighted by Gasteiger charge is 2.29. The van der Waals surface area contributed by atoms with Crippen molar-refractivity contribution in [3.8, 4) is 0 Å². The Morgan fingerprint density at radius 3 is 2.11 bits per heavy atom. The minimum absolute atomic E-state index is 0.220. The van der Waals surface area contributed by atoms with Crippen LogP contribution in [0.25, 0.3) is 0 Å². The molecule has 0 bridgehead atoms. The number of hydrazine groups is 1. The largest absolute Gasteiger partial charge is 0.258 e. The summed E-state index contributed by atoms with van der Waals surface area (Å²) in [5, 5.41) is -0.220. The number of rotatable bonds is 2. The molecule has 1 fully saturated rings. The van der Waals surface area contributed by atoms with Gasteiger partial charge in [-0.15, -0.1) is 0 Å². The highest BCUT2D eigenvalue weighted by molar-refractivity contribution is 7.90. The van der Waals surface area contributed by atoms with Gasteiger partial charge in [-0.3, -0.25) is 5.84 Å². The molecule has 0 unspecified atom stereocenters. The molecule has 4 nitrogen and oxygen atoms in total. The quantitative estimate of drug-likeness (QED) is 0.405. The highest BCUT2D eigenvalue weighted by atomic mass is 32.2. The summed E-state index contributed by atoms with van der Waals surface area (Å²) in [5.41, 5.74) is 0. The molecular weight excluding hydrogens is 140 g/mol. The van der Waals surface area contributed by atoms with Crippen LogP contribution in [0, 0.1) is 0 Å². The average molecular weight is 150 g/mol. The summed E-state index contributed by atoms with van der Waals surface area (Å²) in [6, 6.07) is 0. The van der Waals surface area contributed by atoms with Gasteiger partial charge < -0.3 is 0 Å². The predicted octanol–water partition coefficient (Wildman–Crippen LogP) is -0.668. The van der Waals surface area contributed by atoms with E-state index in [4.69, 9.17) is 5.84 Å². The summed E-state index contributed by atoms with van der Waals surface area (Å²) < 4.78 is 21.5. The smallest absolute Gasteiger partial charge is 0.226 e. The van der Waals surface area contributed by atoms with Crippen LogP contribution in [0.1, 0.15) is 19.3 Å². The van der Waals surface area contributed by atoms with Crippen LogP contribution < -0.4 is 10.7 Å². The lowest BCUT2D eigenvalue weighted by molar-refractivity contribution is 0.470. The number of nitrogens with two attached hydrogens (primary N) is 1. The number of nitrogens with one attached hydrogen (secondary N) is 1. The Bertz CT molecular complexity index is 183. The van der Waals surface area contributed by atoms with Gasteiger partial charge in [-0.05, 0) is 12.8 Å². The normalized spacial score (nSPS) is 21.4. The van der Waals surface area contributed by atoms with Crippen molar-refractivity contribution in [2.45, 2.75) is 24.5 Å². The van der Waals surface area contributed by atoms with Gasteiger partial charge in [0, 0.05) is 0 Å².